The predicted molar refractivity (Wildman–Crippen MR) is 108 cm³/mol. The van der Waals surface area contributed by atoms with Crippen LogP contribution in [0.1, 0.15) is 50.7 Å². The number of nitrogens with one attached hydrogen (secondary N) is 1. The summed E-state index contributed by atoms with van der Waals surface area (Å²) in [7, 11) is 0. The van der Waals surface area contributed by atoms with Crippen molar-refractivity contribution in [2.24, 2.45) is 0 Å². The minimum absolute atomic E-state index is 0.278. The minimum Gasteiger partial charge on any atom is -0.462 e. The fourth-order valence-electron chi connectivity index (χ4n) is 3.02. The molecular formula is C20H22N4O3S. The van der Waals surface area contributed by atoms with Crippen LogP contribution in [0.15, 0.2) is 30.6 Å². The molecule has 3 aromatic rings. The molecule has 0 atom stereocenters. The van der Waals surface area contributed by atoms with Crippen LogP contribution in [0, 0.1) is 13.8 Å². The van der Waals surface area contributed by atoms with E-state index in [0.717, 1.165) is 10.4 Å². The lowest BCUT2D eigenvalue weighted by atomic mass is 10.1. The van der Waals surface area contributed by atoms with Gasteiger partial charge in [0.2, 0.25) is 0 Å². The molecule has 0 spiro atoms. The number of esters is 1. The summed E-state index contributed by atoms with van der Waals surface area (Å²) < 4.78 is 6.80. The second-order valence-electron chi connectivity index (χ2n) is 6.11. The van der Waals surface area contributed by atoms with Gasteiger partial charge in [-0.25, -0.2) is 14.5 Å². The first-order valence-electron chi connectivity index (χ1n) is 9.04. The molecular weight excluding hydrogens is 376 g/mol. The van der Waals surface area contributed by atoms with Crippen LogP contribution in [-0.4, -0.2) is 33.2 Å². The van der Waals surface area contributed by atoms with Crippen LogP contribution in [0.2, 0.25) is 0 Å². The van der Waals surface area contributed by atoms with Gasteiger partial charge in [-0.3, -0.25) is 4.79 Å². The molecule has 0 bridgehead atoms. The lowest BCUT2D eigenvalue weighted by Crippen LogP contribution is -2.16. The molecule has 0 saturated carbocycles. The highest BCUT2D eigenvalue weighted by Crippen LogP contribution is 2.34. The minimum atomic E-state index is -0.417. The smallest absolute Gasteiger partial charge is 0.341 e. The molecule has 0 aliphatic heterocycles. The van der Waals surface area contributed by atoms with Crippen LogP contribution in [0.4, 0.5) is 5.00 Å². The normalized spacial score (nSPS) is 10.7. The molecule has 7 nitrogen and oxygen atoms in total. The Morgan fingerprint density at radius 1 is 1.25 bits per heavy atom. The highest BCUT2D eigenvalue weighted by molar-refractivity contribution is 7.16. The van der Waals surface area contributed by atoms with Crippen molar-refractivity contribution in [1.29, 1.82) is 0 Å². The van der Waals surface area contributed by atoms with E-state index < -0.39 is 5.97 Å². The maximum Gasteiger partial charge on any atom is 0.341 e. The number of carbonyl (C=O) groups is 2. The Balaban J connectivity index is 1.92. The SMILES string of the molecule is CCOC(=O)c1c(NC(=O)c2cnn(-c3ccccn3)c2C)sc(C)c1CC. The van der Waals surface area contributed by atoms with Gasteiger partial charge in [0, 0.05) is 11.1 Å². The van der Waals surface area contributed by atoms with Crippen molar-refractivity contribution in [2.45, 2.75) is 34.1 Å². The summed E-state index contributed by atoms with van der Waals surface area (Å²) in [5.41, 5.74) is 2.43. The molecule has 28 heavy (non-hydrogen) atoms. The van der Waals surface area contributed by atoms with Crippen LogP contribution in [0.3, 0.4) is 0 Å². The van der Waals surface area contributed by atoms with E-state index in [1.807, 2.05) is 32.0 Å². The molecule has 0 aliphatic carbocycles. The number of pyridine rings is 1. The fourth-order valence-corrected chi connectivity index (χ4v) is 4.15. The molecule has 3 aromatic heterocycles. The van der Waals surface area contributed by atoms with Crippen molar-refractivity contribution in [3.05, 3.63) is 57.9 Å². The third-order valence-electron chi connectivity index (χ3n) is 4.39. The van der Waals surface area contributed by atoms with Crippen molar-refractivity contribution in [2.75, 3.05) is 11.9 Å². The van der Waals surface area contributed by atoms with Gasteiger partial charge < -0.3 is 10.1 Å². The van der Waals surface area contributed by atoms with E-state index in [4.69, 9.17) is 4.74 Å². The molecule has 0 unspecified atom stereocenters. The third kappa shape index (κ3) is 3.68. The van der Waals surface area contributed by atoms with Crippen molar-refractivity contribution in [3.8, 4) is 5.82 Å². The second kappa shape index (κ2) is 8.35. The van der Waals surface area contributed by atoms with E-state index in [2.05, 4.69) is 15.4 Å². The van der Waals surface area contributed by atoms with E-state index in [9.17, 15) is 9.59 Å². The Morgan fingerprint density at radius 2 is 2.04 bits per heavy atom. The summed E-state index contributed by atoms with van der Waals surface area (Å²) in [5, 5.41) is 7.65. The molecule has 0 fully saturated rings. The standard InChI is InChI=1S/C20H22N4O3S/c1-5-14-13(4)28-19(17(14)20(26)27-6-2)23-18(25)15-11-22-24(12(15)3)16-9-7-8-10-21-16/h7-11H,5-6H2,1-4H3,(H,23,25). The topological polar surface area (TPSA) is 86.1 Å². The van der Waals surface area contributed by atoms with Gasteiger partial charge in [0.25, 0.3) is 5.91 Å². The van der Waals surface area contributed by atoms with E-state index in [1.54, 1.807) is 24.7 Å². The Kier molecular flexibility index (Phi) is 5.89. The molecule has 0 aromatic carbocycles. The van der Waals surface area contributed by atoms with E-state index in [-0.39, 0.29) is 12.5 Å². The highest BCUT2D eigenvalue weighted by atomic mass is 32.1. The monoisotopic (exact) mass is 398 g/mol. The first-order valence-corrected chi connectivity index (χ1v) is 9.86. The summed E-state index contributed by atoms with van der Waals surface area (Å²) in [4.78, 5) is 30.6. The molecule has 1 amide bonds. The maximum atomic E-state index is 12.9. The molecule has 0 radical (unpaired) electrons. The lowest BCUT2D eigenvalue weighted by Gasteiger charge is -2.08. The Bertz CT molecular complexity index is 1010. The van der Waals surface area contributed by atoms with Crippen LogP contribution in [0.25, 0.3) is 5.82 Å². The lowest BCUT2D eigenvalue weighted by molar-refractivity contribution is 0.0527. The van der Waals surface area contributed by atoms with E-state index >= 15 is 0 Å². The zero-order valence-electron chi connectivity index (χ0n) is 16.3. The van der Waals surface area contributed by atoms with Crippen molar-refractivity contribution in [3.63, 3.8) is 0 Å². The van der Waals surface area contributed by atoms with E-state index in [1.165, 1.54) is 17.5 Å². The van der Waals surface area contributed by atoms with Gasteiger partial charge in [0.15, 0.2) is 5.82 Å². The number of anilines is 1. The second-order valence-corrected chi connectivity index (χ2v) is 7.34. The molecule has 1 N–H and O–H groups in total. The number of ether oxygens (including phenoxy) is 1. The molecule has 3 rings (SSSR count). The quantitative estimate of drug-likeness (QED) is 0.636. The molecule has 0 aliphatic rings. The molecule has 8 heteroatoms. The number of amides is 1. The average Bonchev–Trinajstić information content (AvgIpc) is 3.22. The first kappa shape index (κ1) is 19.8. The van der Waals surface area contributed by atoms with Gasteiger partial charge in [-0.05, 0) is 44.9 Å². The average molecular weight is 398 g/mol. The Labute approximate surface area is 167 Å². The predicted octanol–water partition coefficient (Wildman–Crippen LogP) is 3.94. The van der Waals surface area contributed by atoms with Gasteiger partial charge in [0.1, 0.15) is 5.00 Å². The molecule has 3 heterocycles. The zero-order chi connectivity index (χ0) is 20.3. The summed E-state index contributed by atoms with van der Waals surface area (Å²) in [6.07, 6.45) is 3.86. The van der Waals surface area contributed by atoms with Crippen LogP contribution < -0.4 is 5.32 Å². The summed E-state index contributed by atoms with van der Waals surface area (Å²) in [5.74, 6) is -0.111. The van der Waals surface area contributed by atoms with E-state index in [0.29, 0.717) is 34.1 Å². The van der Waals surface area contributed by atoms with Crippen LogP contribution in [0.5, 0.6) is 0 Å². The largest absolute Gasteiger partial charge is 0.462 e. The fraction of sp³-hybridized carbons (Fsp3) is 0.300. The van der Waals surface area contributed by atoms with Crippen molar-refractivity contribution in [1.82, 2.24) is 14.8 Å². The number of nitrogens with zero attached hydrogens (tertiary/aromatic N) is 3. The number of thiophene rings is 1. The number of hydrogen-bond acceptors (Lipinski definition) is 6. The zero-order valence-corrected chi connectivity index (χ0v) is 17.1. The highest BCUT2D eigenvalue weighted by Gasteiger charge is 2.25. The number of carbonyl (C=O) groups excluding carboxylic acids is 2. The van der Waals surface area contributed by atoms with Gasteiger partial charge in [0.05, 0.1) is 29.6 Å². The van der Waals surface area contributed by atoms with Gasteiger partial charge >= 0.3 is 5.97 Å². The number of hydrogen-bond donors (Lipinski definition) is 1. The third-order valence-corrected chi connectivity index (χ3v) is 5.45. The maximum absolute atomic E-state index is 12.9. The van der Waals surface area contributed by atoms with Crippen molar-refractivity contribution < 1.29 is 14.3 Å². The van der Waals surface area contributed by atoms with Crippen LogP contribution in [-0.2, 0) is 11.2 Å². The number of aromatic nitrogens is 3. The van der Waals surface area contributed by atoms with Gasteiger partial charge in [-0.2, -0.15) is 5.10 Å². The van der Waals surface area contributed by atoms with Crippen LogP contribution >= 0.6 is 11.3 Å². The molecule has 0 saturated heterocycles. The van der Waals surface area contributed by atoms with Crippen molar-refractivity contribution >= 4 is 28.2 Å². The van der Waals surface area contributed by atoms with Gasteiger partial charge in [-0.1, -0.05) is 13.0 Å². The summed E-state index contributed by atoms with van der Waals surface area (Å²) in [6.45, 7) is 7.76. The number of rotatable bonds is 6. The Morgan fingerprint density at radius 3 is 2.68 bits per heavy atom. The first-order chi connectivity index (χ1) is 13.5. The molecule has 146 valence electrons. The summed E-state index contributed by atoms with van der Waals surface area (Å²) >= 11 is 1.38. The Hall–Kier alpha value is -3.00. The van der Waals surface area contributed by atoms with Gasteiger partial charge in [-0.15, -0.1) is 11.3 Å². The summed E-state index contributed by atoms with van der Waals surface area (Å²) in [6, 6.07) is 5.49. The number of aryl methyl sites for hydroxylation is 1.